The maximum atomic E-state index is 12.4. The minimum atomic E-state index is -1.28. The van der Waals surface area contributed by atoms with Crippen LogP contribution in [-0.2, 0) is 4.74 Å². The number of H-pyrrole nitrogens is 1. The minimum absolute atomic E-state index is 0.0964. The molecule has 33 heavy (non-hydrogen) atoms. The average molecular weight is 458 g/mol. The van der Waals surface area contributed by atoms with E-state index in [2.05, 4.69) is 16.9 Å². The Kier molecular flexibility index (Phi) is 7.60. The topological polar surface area (TPSA) is 155 Å². The Labute approximate surface area is 189 Å². The number of hydrogen-bond donors (Lipinski definition) is 3. The van der Waals surface area contributed by atoms with Gasteiger partial charge in [0.2, 0.25) is 5.56 Å². The summed E-state index contributed by atoms with van der Waals surface area (Å²) < 4.78 is 5.27. The number of pyridine rings is 1. The summed E-state index contributed by atoms with van der Waals surface area (Å²) in [6, 6.07) is 5.87. The molecule has 1 heterocycles. The highest BCUT2D eigenvalue weighted by molar-refractivity contribution is 5.87. The second-order valence-electron chi connectivity index (χ2n) is 8.21. The van der Waals surface area contributed by atoms with Crippen LogP contribution in [0.25, 0.3) is 11.1 Å². The number of aromatic nitrogens is 1. The van der Waals surface area contributed by atoms with E-state index in [1.165, 1.54) is 31.3 Å². The molecule has 1 aromatic heterocycles. The summed E-state index contributed by atoms with van der Waals surface area (Å²) in [5.41, 5.74) is -0.914. The van der Waals surface area contributed by atoms with Crippen molar-refractivity contribution in [2.24, 2.45) is 0 Å². The molecular formula is C22H26N4O7. The van der Waals surface area contributed by atoms with Gasteiger partial charge in [-0.05, 0) is 51.0 Å². The molecule has 0 spiro atoms. The van der Waals surface area contributed by atoms with Gasteiger partial charge in [-0.15, -0.1) is 6.58 Å². The van der Waals surface area contributed by atoms with Crippen molar-refractivity contribution < 1.29 is 24.4 Å². The van der Waals surface area contributed by atoms with Crippen LogP contribution in [0, 0.1) is 10.1 Å². The van der Waals surface area contributed by atoms with E-state index in [1.54, 1.807) is 26.8 Å². The molecular weight excluding hydrogens is 432 g/mol. The van der Waals surface area contributed by atoms with E-state index in [4.69, 9.17) is 9.84 Å². The lowest BCUT2D eigenvalue weighted by Crippen LogP contribution is -2.35. The average Bonchev–Trinajstić information content (AvgIpc) is 2.70. The number of carboxylic acid groups (broad SMARTS) is 1. The van der Waals surface area contributed by atoms with Crippen LogP contribution in [0.2, 0.25) is 0 Å². The van der Waals surface area contributed by atoms with E-state index in [9.17, 15) is 24.5 Å². The predicted octanol–water partition coefficient (Wildman–Crippen LogP) is 4.21. The predicted molar refractivity (Wildman–Crippen MR) is 123 cm³/mol. The van der Waals surface area contributed by atoms with Crippen LogP contribution in [0.4, 0.5) is 21.0 Å². The van der Waals surface area contributed by atoms with Gasteiger partial charge in [-0.1, -0.05) is 6.08 Å². The maximum absolute atomic E-state index is 12.4. The summed E-state index contributed by atoms with van der Waals surface area (Å²) in [5, 5.41) is 23.5. The number of alkyl carbamates (subject to hydrolysis) is 1. The van der Waals surface area contributed by atoms with Gasteiger partial charge in [0.05, 0.1) is 22.2 Å². The molecule has 11 nitrogen and oxygen atoms in total. The molecule has 2 aromatic rings. The highest BCUT2D eigenvalue weighted by atomic mass is 16.6. The first-order valence-corrected chi connectivity index (χ1v) is 9.92. The van der Waals surface area contributed by atoms with E-state index in [0.29, 0.717) is 5.69 Å². The van der Waals surface area contributed by atoms with Crippen molar-refractivity contribution in [3.8, 4) is 11.1 Å². The van der Waals surface area contributed by atoms with Crippen LogP contribution in [0.5, 0.6) is 0 Å². The highest BCUT2D eigenvalue weighted by Crippen LogP contribution is 2.34. The number of carbonyl (C=O) groups is 2. The number of aromatic amines is 1. The zero-order valence-electron chi connectivity index (χ0n) is 18.7. The zero-order chi connectivity index (χ0) is 24.9. The van der Waals surface area contributed by atoms with E-state index in [0.717, 1.165) is 11.0 Å². The Hall–Kier alpha value is -4.15. The van der Waals surface area contributed by atoms with E-state index in [1.807, 2.05) is 0 Å². The number of carbonyl (C=O) groups excluding carboxylic acids is 1. The first-order chi connectivity index (χ1) is 15.3. The van der Waals surface area contributed by atoms with Crippen LogP contribution < -0.4 is 15.8 Å². The molecule has 11 heteroatoms. The van der Waals surface area contributed by atoms with Crippen molar-refractivity contribution in [3.05, 3.63) is 69.1 Å². The quantitative estimate of drug-likeness (QED) is 0.319. The third-order valence-corrected chi connectivity index (χ3v) is 4.50. The Bertz CT molecular complexity index is 1130. The fraction of sp³-hybridized carbons (Fsp3) is 0.318. The lowest BCUT2D eigenvalue weighted by Gasteiger charge is -2.23. The van der Waals surface area contributed by atoms with Gasteiger partial charge in [0.25, 0.3) is 5.69 Å². The second-order valence-corrected chi connectivity index (χ2v) is 8.21. The second kappa shape index (κ2) is 9.98. The Morgan fingerprint density at radius 1 is 1.33 bits per heavy atom. The number of nitro groups is 1. The van der Waals surface area contributed by atoms with Gasteiger partial charge in [-0.2, -0.15) is 0 Å². The summed E-state index contributed by atoms with van der Waals surface area (Å²) in [6.45, 7) is 8.79. The van der Waals surface area contributed by atoms with Crippen LogP contribution in [0.1, 0.15) is 38.9 Å². The van der Waals surface area contributed by atoms with Gasteiger partial charge >= 0.3 is 12.2 Å². The zero-order valence-corrected chi connectivity index (χ0v) is 18.7. The molecule has 0 aliphatic heterocycles. The molecule has 0 aliphatic carbocycles. The number of nitrogens with one attached hydrogen (secondary N) is 2. The number of benzene rings is 1. The Balaban J connectivity index is 2.53. The molecule has 0 radical (unpaired) electrons. The fourth-order valence-corrected chi connectivity index (χ4v) is 3.02. The number of nitrogens with zero attached hydrogens (tertiary/aromatic N) is 2. The fourth-order valence-electron chi connectivity index (χ4n) is 3.02. The molecule has 0 bridgehead atoms. The van der Waals surface area contributed by atoms with Crippen molar-refractivity contribution in [2.45, 2.75) is 38.8 Å². The van der Waals surface area contributed by atoms with Crippen LogP contribution >= 0.6 is 0 Å². The van der Waals surface area contributed by atoms with E-state index < -0.39 is 34.3 Å². The Morgan fingerprint density at radius 2 is 2.00 bits per heavy atom. The van der Waals surface area contributed by atoms with Crippen molar-refractivity contribution in [1.82, 2.24) is 10.3 Å². The van der Waals surface area contributed by atoms with Gasteiger partial charge in [0.15, 0.2) is 0 Å². The highest BCUT2D eigenvalue weighted by Gasteiger charge is 2.23. The maximum Gasteiger partial charge on any atom is 0.411 e. The Morgan fingerprint density at radius 3 is 2.55 bits per heavy atom. The molecule has 1 aromatic carbocycles. The van der Waals surface area contributed by atoms with Crippen LogP contribution in [0.3, 0.4) is 0 Å². The molecule has 2 amide bonds. The van der Waals surface area contributed by atoms with Crippen molar-refractivity contribution in [1.29, 1.82) is 0 Å². The number of anilines is 1. The van der Waals surface area contributed by atoms with Crippen molar-refractivity contribution >= 4 is 23.6 Å². The third kappa shape index (κ3) is 6.66. The standard InChI is InChI=1S/C22H26N4O7/c1-6-7-16(24-20(28)33-22(2,3)4)17-10-13(11-19(27)23-17)15-9-8-14(25(5)21(29)30)12-18(15)26(31)32/h6,8-12,16H,1,7H2,2-5H3,(H,23,27)(H,24,28)(H,29,30). The van der Waals surface area contributed by atoms with E-state index in [-0.39, 0.29) is 28.9 Å². The van der Waals surface area contributed by atoms with Gasteiger partial charge < -0.3 is 20.1 Å². The molecule has 2 rings (SSSR count). The molecule has 0 fully saturated rings. The molecule has 176 valence electrons. The summed E-state index contributed by atoms with van der Waals surface area (Å²) in [6.07, 6.45) is -0.182. The molecule has 1 unspecified atom stereocenters. The lowest BCUT2D eigenvalue weighted by molar-refractivity contribution is -0.384. The number of nitro benzene ring substituents is 1. The SMILES string of the molecule is C=CCC(NC(=O)OC(C)(C)C)c1cc(-c2ccc(N(C)C(=O)O)cc2[N+](=O)[O-])cc(=O)[nH]1. The number of amides is 2. The lowest BCUT2D eigenvalue weighted by atomic mass is 10.0. The number of ether oxygens (including phenoxy) is 1. The first-order valence-electron chi connectivity index (χ1n) is 9.92. The molecule has 0 saturated heterocycles. The largest absolute Gasteiger partial charge is 0.465 e. The summed E-state index contributed by atoms with van der Waals surface area (Å²) in [4.78, 5) is 50.3. The van der Waals surface area contributed by atoms with Crippen molar-refractivity contribution in [2.75, 3.05) is 11.9 Å². The van der Waals surface area contributed by atoms with Gasteiger partial charge in [0.1, 0.15) is 5.60 Å². The molecule has 1 atom stereocenters. The van der Waals surface area contributed by atoms with Crippen LogP contribution in [0.15, 0.2) is 47.8 Å². The van der Waals surface area contributed by atoms with Gasteiger partial charge in [-0.3, -0.25) is 19.8 Å². The van der Waals surface area contributed by atoms with Crippen LogP contribution in [-0.4, -0.2) is 39.8 Å². The number of rotatable bonds is 7. The third-order valence-electron chi connectivity index (χ3n) is 4.50. The molecule has 3 N–H and O–H groups in total. The minimum Gasteiger partial charge on any atom is -0.465 e. The first kappa shape index (κ1) is 25.1. The van der Waals surface area contributed by atoms with Crippen molar-refractivity contribution in [3.63, 3.8) is 0 Å². The van der Waals surface area contributed by atoms with Gasteiger partial charge in [-0.25, -0.2) is 9.59 Å². The summed E-state index contributed by atoms with van der Waals surface area (Å²) in [7, 11) is 1.26. The number of hydrogen-bond acceptors (Lipinski definition) is 6. The molecule has 0 aliphatic rings. The van der Waals surface area contributed by atoms with E-state index >= 15 is 0 Å². The summed E-state index contributed by atoms with van der Waals surface area (Å²) in [5.74, 6) is 0. The van der Waals surface area contributed by atoms with Gasteiger partial charge in [0, 0.05) is 24.9 Å². The molecule has 0 saturated carbocycles. The smallest absolute Gasteiger partial charge is 0.411 e. The summed E-state index contributed by atoms with van der Waals surface area (Å²) >= 11 is 0. The normalized spacial score (nSPS) is 11.9. The monoisotopic (exact) mass is 458 g/mol.